The van der Waals surface area contributed by atoms with Crippen LogP contribution in [0.5, 0.6) is 11.5 Å². The molecule has 2 aromatic carbocycles. The summed E-state index contributed by atoms with van der Waals surface area (Å²) in [6.45, 7) is 6.67. The van der Waals surface area contributed by atoms with Crippen molar-refractivity contribution < 1.29 is 18.7 Å². The number of fused-ring (bicyclic) bond motifs is 1. The van der Waals surface area contributed by atoms with E-state index in [1.165, 1.54) is 19.3 Å². The Morgan fingerprint density at radius 2 is 1.94 bits per heavy atom. The normalized spacial score (nSPS) is 18.8. The third-order valence-corrected chi connectivity index (χ3v) is 6.59. The fraction of sp³-hybridized carbons (Fsp3) is 0.393. The van der Waals surface area contributed by atoms with Crippen LogP contribution in [0.3, 0.4) is 0 Å². The Bertz CT molecular complexity index is 1140. The lowest BCUT2D eigenvalue weighted by Crippen LogP contribution is -2.40. The number of hydrogen-bond donors (Lipinski definition) is 1. The van der Waals surface area contributed by atoms with E-state index in [1.54, 1.807) is 19.4 Å². The second-order valence-electron chi connectivity index (χ2n) is 8.86. The summed E-state index contributed by atoms with van der Waals surface area (Å²) < 4.78 is 17.1. The Balaban J connectivity index is 1.67. The largest absolute Gasteiger partial charge is 0.497 e. The lowest BCUT2D eigenvalue weighted by Gasteiger charge is -2.29. The Kier molecular flexibility index (Phi) is 7.07. The molecule has 174 valence electrons. The molecule has 0 saturated heterocycles. The van der Waals surface area contributed by atoms with E-state index in [9.17, 15) is 4.79 Å². The molecule has 4 rings (SSSR count). The van der Waals surface area contributed by atoms with Gasteiger partial charge in [-0.1, -0.05) is 31.9 Å². The lowest BCUT2D eigenvalue weighted by atomic mass is 9.86. The Morgan fingerprint density at radius 1 is 1.18 bits per heavy atom. The standard InChI is InChI=1S/C28H33NO4/c1-5-32-26-16-27-23(24(17-33-27)20-10-12-21(31-4)13-11-20)15-22(26)19(3)14-28(30)29-25-9-7-6-8-18(25)2/h10-18,25H,5-9H2,1-4H3,(H,29,30)/b19-14+. The maximum Gasteiger partial charge on any atom is 0.244 e. The molecule has 0 spiro atoms. The predicted octanol–water partition coefficient (Wildman–Crippen LogP) is 6.61. The number of amides is 1. The molecule has 5 heteroatoms. The lowest BCUT2D eigenvalue weighted by molar-refractivity contribution is -0.117. The number of carbonyl (C=O) groups excluding carboxylic acids is 1. The highest BCUT2D eigenvalue weighted by atomic mass is 16.5. The van der Waals surface area contributed by atoms with Gasteiger partial charge < -0.3 is 19.2 Å². The Hall–Kier alpha value is -3.21. The van der Waals surface area contributed by atoms with Gasteiger partial charge in [-0.3, -0.25) is 4.79 Å². The summed E-state index contributed by atoms with van der Waals surface area (Å²) in [5, 5.41) is 4.19. The zero-order chi connectivity index (χ0) is 23.4. The minimum atomic E-state index is -0.0450. The first kappa shape index (κ1) is 23.0. The van der Waals surface area contributed by atoms with Crippen LogP contribution in [-0.2, 0) is 4.79 Å². The maximum absolute atomic E-state index is 12.8. The van der Waals surface area contributed by atoms with Gasteiger partial charge in [-0.25, -0.2) is 0 Å². The van der Waals surface area contributed by atoms with E-state index in [-0.39, 0.29) is 11.9 Å². The van der Waals surface area contributed by atoms with Crippen LogP contribution in [0.25, 0.3) is 27.7 Å². The molecule has 1 N–H and O–H groups in total. The molecule has 1 aromatic heterocycles. The number of hydrogen-bond acceptors (Lipinski definition) is 4. The summed E-state index contributed by atoms with van der Waals surface area (Å²) in [4.78, 5) is 12.8. The smallest absolute Gasteiger partial charge is 0.244 e. The minimum absolute atomic E-state index is 0.0450. The number of carbonyl (C=O) groups is 1. The molecule has 1 heterocycles. The topological polar surface area (TPSA) is 60.7 Å². The van der Waals surface area contributed by atoms with Gasteiger partial charge in [0.25, 0.3) is 0 Å². The molecule has 2 unspecified atom stereocenters. The van der Waals surface area contributed by atoms with E-state index in [0.29, 0.717) is 18.3 Å². The number of methoxy groups -OCH3 is 1. The Labute approximate surface area is 195 Å². The number of allylic oxidation sites excluding steroid dienone is 1. The van der Waals surface area contributed by atoms with Crippen LogP contribution < -0.4 is 14.8 Å². The molecule has 1 aliphatic carbocycles. The summed E-state index contributed by atoms with van der Waals surface area (Å²) in [6, 6.07) is 12.1. The summed E-state index contributed by atoms with van der Waals surface area (Å²) in [5.41, 5.74) is 4.54. The quantitative estimate of drug-likeness (QED) is 0.414. The van der Waals surface area contributed by atoms with Gasteiger partial charge in [-0.05, 0) is 61.9 Å². The first-order valence-corrected chi connectivity index (χ1v) is 11.8. The van der Waals surface area contributed by atoms with Crippen molar-refractivity contribution in [2.75, 3.05) is 13.7 Å². The van der Waals surface area contributed by atoms with Crippen LogP contribution in [0, 0.1) is 5.92 Å². The van der Waals surface area contributed by atoms with Crippen molar-refractivity contribution in [2.24, 2.45) is 5.92 Å². The first-order chi connectivity index (χ1) is 16.0. The van der Waals surface area contributed by atoms with Crippen molar-refractivity contribution >= 4 is 22.4 Å². The van der Waals surface area contributed by atoms with Crippen LogP contribution in [0.4, 0.5) is 0 Å². The van der Waals surface area contributed by atoms with Crippen molar-refractivity contribution in [3.8, 4) is 22.6 Å². The van der Waals surface area contributed by atoms with Gasteiger partial charge in [-0.15, -0.1) is 0 Å². The minimum Gasteiger partial charge on any atom is -0.497 e. The van der Waals surface area contributed by atoms with Crippen LogP contribution in [0.1, 0.15) is 52.0 Å². The first-order valence-electron chi connectivity index (χ1n) is 11.8. The predicted molar refractivity (Wildman–Crippen MR) is 133 cm³/mol. The number of nitrogens with one attached hydrogen (secondary N) is 1. The number of benzene rings is 2. The third kappa shape index (κ3) is 5.08. The fourth-order valence-corrected chi connectivity index (χ4v) is 4.66. The molecule has 2 atom stereocenters. The summed E-state index contributed by atoms with van der Waals surface area (Å²) in [7, 11) is 1.66. The molecule has 1 saturated carbocycles. The highest BCUT2D eigenvalue weighted by Crippen LogP contribution is 2.38. The highest BCUT2D eigenvalue weighted by molar-refractivity contribution is 6.00. The van der Waals surface area contributed by atoms with Gasteiger partial charge in [0, 0.05) is 34.7 Å². The second-order valence-corrected chi connectivity index (χ2v) is 8.86. The van der Waals surface area contributed by atoms with Gasteiger partial charge >= 0.3 is 0 Å². The van der Waals surface area contributed by atoms with Crippen LogP contribution >= 0.6 is 0 Å². The maximum atomic E-state index is 12.8. The van der Waals surface area contributed by atoms with Crippen molar-refractivity contribution in [3.05, 3.63) is 54.3 Å². The fourth-order valence-electron chi connectivity index (χ4n) is 4.66. The summed E-state index contributed by atoms with van der Waals surface area (Å²) in [5.74, 6) is 2.00. The molecule has 0 bridgehead atoms. The van der Waals surface area contributed by atoms with Gasteiger partial charge in [0.05, 0.1) is 20.0 Å². The molecular formula is C28H33NO4. The van der Waals surface area contributed by atoms with E-state index in [2.05, 4.69) is 18.3 Å². The highest BCUT2D eigenvalue weighted by Gasteiger charge is 2.22. The molecule has 0 radical (unpaired) electrons. The SMILES string of the molecule is CCOc1cc2occ(-c3ccc(OC)cc3)c2cc1/C(C)=C/C(=O)NC1CCCCC1C. The molecule has 1 aliphatic rings. The van der Waals surface area contributed by atoms with Crippen LogP contribution in [0.15, 0.2) is 53.2 Å². The molecular weight excluding hydrogens is 414 g/mol. The Morgan fingerprint density at radius 3 is 2.64 bits per heavy atom. The monoisotopic (exact) mass is 447 g/mol. The number of rotatable bonds is 7. The van der Waals surface area contributed by atoms with Gasteiger partial charge in [0.2, 0.25) is 5.91 Å². The van der Waals surface area contributed by atoms with E-state index >= 15 is 0 Å². The zero-order valence-electron chi connectivity index (χ0n) is 19.9. The van der Waals surface area contributed by atoms with Crippen LogP contribution in [0.2, 0.25) is 0 Å². The summed E-state index contributed by atoms with van der Waals surface area (Å²) in [6.07, 6.45) is 8.11. The zero-order valence-corrected chi connectivity index (χ0v) is 19.9. The molecule has 1 amide bonds. The van der Waals surface area contributed by atoms with Crippen LogP contribution in [-0.4, -0.2) is 25.7 Å². The molecule has 3 aromatic rings. The van der Waals surface area contributed by atoms with E-state index in [0.717, 1.165) is 45.4 Å². The molecule has 5 nitrogen and oxygen atoms in total. The number of ether oxygens (including phenoxy) is 2. The van der Waals surface area contributed by atoms with Gasteiger partial charge in [-0.2, -0.15) is 0 Å². The van der Waals surface area contributed by atoms with Crippen molar-refractivity contribution in [2.45, 2.75) is 52.5 Å². The number of furan rings is 1. The molecule has 33 heavy (non-hydrogen) atoms. The van der Waals surface area contributed by atoms with E-state index in [1.807, 2.05) is 44.2 Å². The average Bonchev–Trinajstić information content (AvgIpc) is 3.23. The third-order valence-electron chi connectivity index (χ3n) is 6.59. The van der Waals surface area contributed by atoms with Crippen molar-refractivity contribution in [3.63, 3.8) is 0 Å². The van der Waals surface area contributed by atoms with E-state index in [4.69, 9.17) is 13.9 Å². The summed E-state index contributed by atoms with van der Waals surface area (Å²) >= 11 is 0. The van der Waals surface area contributed by atoms with Crippen molar-refractivity contribution in [1.82, 2.24) is 5.32 Å². The van der Waals surface area contributed by atoms with Gasteiger partial charge in [0.15, 0.2) is 0 Å². The van der Waals surface area contributed by atoms with Gasteiger partial charge in [0.1, 0.15) is 17.1 Å². The second kappa shape index (κ2) is 10.2. The molecule has 0 aliphatic heterocycles. The average molecular weight is 448 g/mol. The molecule has 1 fully saturated rings. The van der Waals surface area contributed by atoms with E-state index < -0.39 is 0 Å². The van der Waals surface area contributed by atoms with Crippen molar-refractivity contribution in [1.29, 1.82) is 0 Å².